The number of fused-ring (bicyclic) bond motifs is 2. The lowest BCUT2D eigenvalue weighted by molar-refractivity contribution is -0.144. The molecule has 8 rings (SSSR count). The third-order valence-corrected chi connectivity index (χ3v) is 16.0. The molecule has 0 saturated carbocycles. The van der Waals surface area contributed by atoms with Gasteiger partial charge in [-0.1, -0.05) is 76.9 Å². The van der Waals surface area contributed by atoms with Crippen LogP contribution in [0.2, 0.25) is 0 Å². The number of aliphatic carboxylic acids is 2. The Bertz CT molecular complexity index is 2710. The first-order valence-corrected chi connectivity index (χ1v) is 29.7. The lowest BCUT2D eigenvalue weighted by atomic mass is 9.83. The van der Waals surface area contributed by atoms with E-state index >= 15 is 0 Å². The summed E-state index contributed by atoms with van der Waals surface area (Å²) >= 11 is 0. The van der Waals surface area contributed by atoms with Crippen molar-refractivity contribution >= 4 is 23.8 Å². The fraction of sp³-hybridized carbons (Fsp3) is 0.562. The fourth-order valence-corrected chi connectivity index (χ4v) is 11.8. The minimum atomic E-state index is -0.872. The number of hydrogen-bond donors (Lipinski definition) is 4. The molecule has 4 aromatic rings. The van der Waals surface area contributed by atoms with Crippen molar-refractivity contribution in [3.05, 3.63) is 95.1 Å². The minimum Gasteiger partial charge on any atom is -0.496 e. The zero-order chi connectivity index (χ0) is 59.8. The Kier molecular flexibility index (Phi) is 26.2. The quantitative estimate of drug-likeness (QED) is 0.0371. The lowest BCUT2D eigenvalue weighted by Crippen LogP contribution is -2.44. The van der Waals surface area contributed by atoms with Gasteiger partial charge in [-0.3, -0.25) is 29.0 Å². The average molecular weight is 1150 g/mol. The molecule has 456 valence electrons. The van der Waals surface area contributed by atoms with Crippen LogP contribution in [-0.4, -0.2) is 155 Å². The first-order valence-electron chi connectivity index (χ1n) is 29.7. The summed E-state index contributed by atoms with van der Waals surface area (Å²) in [5, 5.41) is 24.0. The second kappa shape index (κ2) is 33.4. The summed E-state index contributed by atoms with van der Waals surface area (Å²) in [7, 11) is 6.43. The maximum Gasteiger partial charge on any atom is 0.308 e. The molecule has 5 N–H and O–H groups in total. The highest BCUT2D eigenvalue weighted by Crippen LogP contribution is 2.49. The molecule has 0 spiro atoms. The molecule has 2 saturated heterocycles. The van der Waals surface area contributed by atoms with E-state index in [2.05, 4.69) is 37.9 Å². The molecule has 0 radical (unpaired) electrons. The third kappa shape index (κ3) is 17.3. The smallest absolute Gasteiger partial charge is 0.308 e. The average Bonchev–Trinajstić information content (AvgIpc) is 3.20. The first kappa shape index (κ1) is 65.2. The highest BCUT2D eigenvalue weighted by Gasteiger charge is 2.49. The maximum absolute atomic E-state index is 13.6. The van der Waals surface area contributed by atoms with Gasteiger partial charge in [-0.2, -0.15) is 0 Å². The van der Waals surface area contributed by atoms with E-state index < -0.39 is 23.8 Å². The molecule has 0 aliphatic carbocycles. The number of carbonyl (C=O) groups excluding carboxylic acids is 2. The van der Waals surface area contributed by atoms with Crippen LogP contribution in [0.15, 0.2) is 72.8 Å². The molecule has 2 amide bonds. The van der Waals surface area contributed by atoms with Crippen LogP contribution >= 0.6 is 0 Å². The first-order chi connectivity index (χ1) is 40.3. The van der Waals surface area contributed by atoms with Crippen LogP contribution in [0.5, 0.6) is 46.0 Å². The number of benzene rings is 4. The number of aryl methyl sites for hydroxylation is 2. The Balaban J connectivity index is 0.000000251. The Morgan fingerprint density at radius 3 is 1.47 bits per heavy atom. The Labute approximate surface area is 491 Å². The van der Waals surface area contributed by atoms with Gasteiger partial charge in [-0.25, -0.2) is 0 Å². The van der Waals surface area contributed by atoms with Gasteiger partial charge in [0.05, 0.1) is 53.4 Å². The van der Waals surface area contributed by atoms with E-state index in [1.807, 2.05) is 82.6 Å². The van der Waals surface area contributed by atoms with E-state index in [1.54, 1.807) is 28.4 Å². The van der Waals surface area contributed by atoms with Crippen molar-refractivity contribution in [1.82, 2.24) is 20.0 Å². The summed E-state index contributed by atoms with van der Waals surface area (Å²) in [5.41, 5.74) is 8.83. The molecular formula is C64H91N5O14. The van der Waals surface area contributed by atoms with Gasteiger partial charge >= 0.3 is 11.9 Å². The summed E-state index contributed by atoms with van der Waals surface area (Å²) in [4.78, 5) is 58.0. The summed E-state index contributed by atoms with van der Waals surface area (Å²) in [6.45, 7) is 12.6. The summed E-state index contributed by atoms with van der Waals surface area (Å²) in [6.07, 6.45) is 10.2. The van der Waals surface area contributed by atoms with Crippen LogP contribution in [-0.2, 0) is 32.0 Å². The summed E-state index contributed by atoms with van der Waals surface area (Å²) < 4.78 is 44.5. The molecule has 2 fully saturated rings. The van der Waals surface area contributed by atoms with Gasteiger partial charge in [0.25, 0.3) is 0 Å². The largest absolute Gasteiger partial charge is 0.496 e. The summed E-state index contributed by atoms with van der Waals surface area (Å²) in [6, 6.07) is 22.6. The number of carbonyl (C=O) groups is 4. The van der Waals surface area contributed by atoms with Crippen molar-refractivity contribution < 1.29 is 67.3 Å². The van der Waals surface area contributed by atoms with Crippen LogP contribution in [0, 0.1) is 11.8 Å². The number of amides is 2. The molecule has 19 heteroatoms. The van der Waals surface area contributed by atoms with Gasteiger partial charge in [0, 0.05) is 56.6 Å². The standard InChI is InChI=1S/C32H44N2O7.C29H38N2O7.C3H9N/c1-5-7-16-33(15-6-2)29(35)20-34-19-24(23-17-27(39-4)31-28(18-23)40-21-41-31)30(32(36)37)25(34)13-10-12-22-11-8-9-14-26(22)38-3;1-4-5-13-30-26(32)17-31-16-21(20-14-24(36-3)28-25(15-20)37-18-38-28)27(29(33)34)22(31)11-8-10-19-9-6-7-12-23(19)35-2;1-2-3-4/h8-9,11,14,17-18,24-25,30H,5-7,10,12-13,15-16,19-21H2,1-4H3,(H,36,37);6-7,9,12,14-15,21-22,27H,4-5,8,10-11,13,16-18H2,1-3H3,(H,30,32)(H,33,34);2-4H2,1H3/t24-,25+,30-;21-,22+,27-;/m11./s1. The molecule has 19 nitrogen and oxygen atoms in total. The van der Waals surface area contributed by atoms with Crippen LogP contribution in [0.4, 0.5) is 0 Å². The van der Waals surface area contributed by atoms with Crippen LogP contribution in [0.25, 0.3) is 0 Å². The molecule has 4 heterocycles. The summed E-state index contributed by atoms with van der Waals surface area (Å²) in [5.74, 6) is 1.04. The molecule has 0 unspecified atom stereocenters. The van der Waals surface area contributed by atoms with Gasteiger partial charge in [-0.15, -0.1) is 0 Å². The van der Waals surface area contributed by atoms with Crippen LogP contribution < -0.4 is 48.9 Å². The number of nitrogens with one attached hydrogen (secondary N) is 1. The van der Waals surface area contributed by atoms with Gasteiger partial charge in [0.15, 0.2) is 23.0 Å². The van der Waals surface area contributed by atoms with Crippen molar-refractivity contribution in [2.45, 2.75) is 129 Å². The maximum atomic E-state index is 13.6. The molecular weight excluding hydrogens is 1060 g/mol. The molecule has 4 aromatic carbocycles. The second-order valence-electron chi connectivity index (χ2n) is 21.5. The number of nitrogens with zero attached hydrogens (tertiary/aromatic N) is 3. The highest BCUT2D eigenvalue weighted by atomic mass is 16.7. The van der Waals surface area contributed by atoms with Gasteiger partial charge in [0.2, 0.25) is 36.9 Å². The van der Waals surface area contributed by atoms with Gasteiger partial charge < -0.3 is 64.1 Å². The van der Waals surface area contributed by atoms with E-state index in [0.29, 0.717) is 73.5 Å². The molecule has 4 aliphatic rings. The number of rotatable bonds is 29. The monoisotopic (exact) mass is 1150 g/mol. The number of carboxylic acid groups (broad SMARTS) is 2. The lowest BCUT2D eigenvalue weighted by Gasteiger charge is -2.29. The predicted molar refractivity (Wildman–Crippen MR) is 318 cm³/mol. The molecule has 83 heavy (non-hydrogen) atoms. The number of para-hydroxylation sites is 2. The van der Waals surface area contributed by atoms with Crippen molar-refractivity contribution in [3.63, 3.8) is 0 Å². The predicted octanol–water partition coefficient (Wildman–Crippen LogP) is 9.16. The van der Waals surface area contributed by atoms with Gasteiger partial charge in [0.1, 0.15) is 11.5 Å². The SMILES string of the molecule is CCCCN(CCC)C(=O)CN1C[C@H](c2cc(OC)c3c(c2)OCO3)[C@@H](C(=O)O)[C@@H]1CCCc1ccccc1OC.CCCCNC(=O)CN1C[C@H](c2cc(OC)c3c(c2)OCO3)[C@@H](C(=O)O)[C@@H]1CCCc1ccccc1OC.CCCN. The molecule has 0 aromatic heterocycles. The zero-order valence-corrected chi connectivity index (χ0v) is 50.2. The number of methoxy groups -OCH3 is 4. The Morgan fingerprint density at radius 1 is 0.590 bits per heavy atom. The topological polar surface area (TPSA) is 230 Å². The second-order valence-corrected chi connectivity index (χ2v) is 21.5. The normalized spacial score (nSPS) is 19.4. The number of hydrogen-bond acceptors (Lipinski definition) is 15. The van der Waals surface area contributed by atoms with Crippen LogP contribution in [0.1, 0.15) is 126 Å². The number of unbranched alkanes of at least 4 members (excludes halogenated alkanes) is 2. The van der Waals surface area contributed by atoms with E-state index in [-0.39, 0.29) is 62.4 Å². The van der Waals surface area contributed by atoms with Crippen molar-refractivity contribution in [2.75, 3.05) is 94.4 Å². The van der Waals surface area contributed by atoms with Crippen molar-refractivity contribution in [1.29, 1.82) is 0 Å². The number of ether oxygens (including phenoxy) is 8. The Hall–Kier alpha value is -6.96. The van der Waals surface area contributed by atoms with E-state index in [4.69, 9.17) is 43.6 Å². The minimum absolute atomic E-state index is 0.0584. The molecule has 4 aliphatic heterocycles. The van der Waals surface area contributed by atoms with E-state index in [1.165, 1.54) is 0 Å². The number of nitrogens with two attached hydrogens (primary N) is 1. The third-order valence-electron chi connectivity index (χ3n) is 16.0. The highest BCUT2D eigenvalue weighted by molar-refractivity contribution is 5.80. The molecule has 0 bridgehead atoms. The fourth-order valence-electron chi connectivity index (χ4n) is 11.8. The van der Waals surface area contributed by atoms with Crippen molar-refractivity contribution in [3.8, 4) is 46.0 Å². The van der Waals surface area contributed by atoms with Crippen molar-refractivity contribution in [2.24, 2.45) is 17.6 Å². The van der Waals surface area contributed by atoms with E-state index in [0.717, 1.165) is 111 Å². The number of carboxylic acids is 2. The van der Waals surface area contributed by atoms with Crippen LogP contribution in [0.3, 0.4) is 0 Å². The molecule has 6 atom stereocenters. The van der Waals surface area contributed by atoms with Gasteiger partial charge in [-0.05, 0) is 129 Å². The number of likely N-dealkylation sites (tertiary alicyclic amines) is 2. The van der Waals surface area contributed by atoms with E-state index in [9.17, 15) is 29.4 Å². The Morgan fingerprint density at radius 2 is 1.05 bits per heavy atom. The zero-order valence-electron chi connectivity index (χ0n) is 50.2.